The van der Waals surface area contributed by atoms with Crippen molar-refractivity contribution < 1.29 is 13.9 Å². The van der Waals surface area contributed by atoms with Crippen LogP contribution in [0.5, 0.6) is 5.75 Å². The highest BCUT2D eigenvalue weighted by atomic mass is 32.1. The van der Waals surface area contributed by atoms with Gasteiger partial charge in [0.25, 0.3) is 5.91 Å². The Morgan fingerprint density at radius 3 is 2.61 bits per heavy atom. The molecular weight excluding hydrogens is 310 g/mol. The van der Waals surface area contributed by atoms with Gasteiger partial charge in [-0.25, -0.2) is 0 Å². The van der Waals surface area contributed by atoms with Crippen molar-refractivity contribution in [2.45, 2.75) is 13.1 Å². The zero-order chi connectivity index (χ0) is 16.1. The number of rotatable bonds is 6. The van der Waals surface area contributed by atoms with E-state index in [1.807, 2.05) is 23.6 Å². The Balaban J connectivity index is 1.81. The molecule has 118 valence electrons. The molecule has 5 heteroatoms. The molecule has 0 N–H and O–H groups in total. The number of carbonyl (C=O) groups excluding carboxylic acids is 1. The Labute approximate surface area is 138 Å². The quantitative estimate of drug-likeness (QED) is 0.682. The number of carbonyl (C=O) groups is 1. The van der Waals surface area contributed by atoms with Gasteiger partial charge >= 0.3 is 0 Å². The molecule has 0 fully saturated rings. The van der Waals surface area contributed by atoms with Crippen molar-refractivity contribution in [2.24, 2.45) is 0 Å². The molecule has 0 unspecified atom stereocenters. The van der Waals surface area contributed by atoms with E-state index in [2.05, 4.69) is 5.38 Å². The predicted molar refractivity (Wildman–Crippen MR) is 89.6 cm³/mol. The monoisotopic (exact) mass is 327 g/mol. The standard InChI is InChI=1S/C18H17NO3S/c1-21-16-6-4-15(5-7-16)18(20)19(11-14-8-10-23-13-14)12-17-3-2-9-22-17/h2-10,13H,11-12H2,1H3. The Bertz CT molecular complexity index is 697. The van der Waals surface area contributed by atoms with Crippen LogP contribution in [0.2, 0.25) is 0 Å². The minimum atomic E-state index is -0.0322. The fourth-order valence-electron chi connectivity index (χ4n) is 2.31. The normalized spacial score (nSPS) is 10.5. The first kappa shape index (κ1) is 15.4. The molecule has 3 rings (SSSR count). The van der Waals surface area contributed by atoms with Crippen molar-refractivity contribution >= 4 is 17.2 Å². The average molecular weight is 327 g/mol. The molecular formula is C18H17NO3S. The molecule has 0 aliphatic heterocycles. The number of nitrogens with zero attached hydrogens (tertiary/aromatic N) is 1. The molecule has 0 radical (unpaired) electrons. The molecule has 0 spiro atoms. The first-order chi connectivity index (χ1) is 11.3. The fourth-order valence-corrected chi connectivity index (χ4v) is 2.97. The van der Waals surface area contributed by atoms with Crippen LogP contribution >= 0.6 is 11.3 Å². The van der Waals surface area contributed by atoms with E-state index in [0.29, 0.717) is 18.7 Å². The second-order valence-corrected chi connectivity index (χ2v) is 5.88. The molecule has 1 amide bonds. The molecule has 23 heavy (non-hydrogen) atoms. The summed E-state index contributed by atoms with van der Waals surface area (Å²) in [6.45, 7) is 0.989. The lowest BCUT2D eigenvalue weighted by Gasteiger charge is -2.21. The minimum Gasteiger partial charge on any atom is -0.497 e. The van der Waals surface area contributed by atoms with Crippen LogP contribution in [0.25, 0.3) is 0 Å². The molecule has 2 heterocycles. The van der Waals surface area contributed by atoms with Crippen LogP contribution in [0.3, 0.4) is 0 Å². The number of hydrogen-bond acceptors (Lipinski definition) is 4. The molecule has 0 aliphatic rings. The Hall–Kier alpha value is -2.53. The maximum absolute atomic E-state index is 12.8. The van der Waals surface area contributed by atoms with E-state index < -0.39 is 0 Å². The van der Waals surface area contributed by atoms with E-state index in [9.17, 15) is 4.79 Å². The highest BCUT2D eigenvalue weighted by Crippen LogP contribution is 2.18. The van der Waals surface area contributed by atoms with Gasteiger partial charge in [0.2, 0.25) is 0 Å². The highest BCUT2D eigenvalue weighted by Gasteiger charge is 2.18. The van der Waals surface area contributed by atoms with Gasteiger partial charge in [-0.1, -0.05) is 0 Å². The maximum atomic E-state index is 12.8. The summed E-state index contributed by atoms with van der Waals surface area (Å²) in [6.07, 6.45) is 1.62. The lowest BCUT2D eigenvalue weighted by atomic mass is 10.1. The third-order valence-electron chi connectivity index (χ3n) is 3.50. The van der Waals surface area contributed by atoms with Gasteiger partial charge in [0.1, 0.15) is 11.5 Å². The zero-order valence-corrected chi connectivity index (χ0v) is 13.6. The van der Waals surface area contributed by atoms with Crippen molar-refractivity contribution in [3.05, 3.63) is 76.4 Å². The van der Waals surface area contributed by atoms with Crippen molar-refractivity contribution in [2.75, 3.05) is 7.11 Å². The fraction of sp³-hybridized carbons (Fsp3) is 0.167. The third-order valence-corrected chi connectivity index (χ3v) is 4.24. The average Bonchev–Trinajstić information content (AvgIpc) is 3.27. The van der Waals surface area contributed by atoms with Crippen molar-refractivity contribution in [3.63, 3.8) is 0 Å². The van der Waals surface area contributed by atoms with Gasteiger partial charge in [0.05, 0.1) is 19.9 Å². The van der Waals surface area contributed by atoms with Gasteiger partial charge in [-0.15, -0.1) is 0 Å². The molecule has 4 nitrogen and oxygen atoms in total. The summed E-state index contributed by atoms with van der Waals surface area (Å²) in [6, 6.07) is 12.9. The third kappa shape index (κ3) is 3.81. The van der Waals surface area contributed by atoms with Crippen LogP contribution in [-0.4, -0.2) is 17.9 Å². The molecule has 0 atom stereocenters. The SMILES string of the molecule is COc1ccc(C(=O)N(Cc2ccsc2)Cc2ccco2)cc1. The van der Waals surface area contributed by atoms with E-state index >= 15 is 0 Å². The van der Waals surface area contributed by atoms with Crippen molar-refractivity contribution in [3.8, 4) is 5.75 Å². The summed E-state index contributed by atoms with van der Waals surface area (Å²) in [5.74, 6) is 1.47. The summed E-state index contributed by atoms with van der Waals surface area (Å²) in [7, 11) is 1.61. The summed E-state index contributed by atoms with van der Waals surface area (Å²) < 4.78 is 10.5. The number of furan rings is 1. The predicted octanol–water partition coefficient (Wildman–Crippen LogP) is 4.19. The zero-order valence-electron chi connectivity index (χ0n) is 12.8. The Kier molecular flexibility index (Phi) is 4.78. The van der Waals surface area contributed by atoms with Crippen LogP contribution < -0.4 is 4.74 Å². The summed E-state index contributed by atoms with van der Waals surface area (Å²) in [5, 5.41) is 4.06. The summed E-state index contributed by atoms with van der Waals surface area (Å²) in [4.78, 5) is 14.6. The van der Waals surface area contributed by atoms with E-state index in [-0.39, 0.29) is 5.91 Å². The van der Waals surface area contributed by atoms with Crippen LogP contribution in [0.1, 0.15) is 21.7 Å². The number of benzene rings is 1. The largest absolute Gasteiger partial charge is 0.497 e. The van der Waals surface area contributed by atoms with E-state index in [1.165, 1.54) is 0 Å². The maximum Gasteiger partial charge on any atom is 0.254 e. The van der Waals surface area contributed by atoms with Crippen LogP contribution in [0.15, 0.2) is 63.9 Å². The van der Waals surface area contributed by atoms with Crippen LogP contribution in [-0.2, 0) is 13.1 Å². The molecule has 3 aromatic rings. The highest BCUT2D eigenvalue weighted by molar-refractivity contribution is 7.07. The van der Waals surface area contributed by atoms with Gasteiger partial charge in [0.15, 0.2) is 0 Å². The van der Waals surface area contributed by atoms with Crippen molar-refractivity contribution in [1.82, 2.24) is 4.90 Å². The van der Waals surface area contributed by atoms with Crippen LogP contribution in [0.4, 0.5) is 0 Å². The smallest absolute Gasteiger partial charge is 0.254 e. The van der Waals surface area contributed by atoms with E-state index in [0.717, 1.165) is 17.1 Å². The van der Waals surface area contributed by atoms with Crippen molar-refractivity contribution in [1.29, 1.82) is 0 Å². The molecule has 0 saturated carbocycles. The van der Waals surface area contributed by atoms with Gasteiger partial charge in [-0.2, -0.15) is 11.3 Å². The molecule has 0 aliphatic carbocycles. The number of thiophene rings is 1. The first-order valence-electron chi connectivity index (χ1n) is 7.23. The molecule has 1 aromatic carbocycles. The van der Waals surface area contributed by atoms with E-state index in [1.54, 1.807) is 53.9 Å². The first-order valence-corrected chi connectivity index (χ1v) is 8.17. The lowest BCUT2D eigenvalue weighted by molar-refractivity contribution is 0.0718. The summed E-state index contributed by atoms with van der Waals surface area (Å²) >= 11 is 1.62. The Morgan fingerprint density at radius 2 is 2.00 bits per heavy atom. The molecule has 2 aromatic heterocycles. The lowest BCUT2D eigenvalue weighted by Crippen LogP contribution is -2.29. The number of ether oxygens (including phenoxy) is 1. The number of methoxy groups -OCH3 is 1. The Morgan fingerprint density at radius 1 is 1.17 bits per heavy atom. The van der Waals surface area contributed by atoms with Gasteiger partial charge in [-0.05, 0) is 58.8 Å². The molecule has 0 bridgehead atoms. The van der Waals surface area contributed by atoms with Gasteiger partial charge in [0, 0.05) is 12.1 Å². The number of hydrogen-bond donors (Lipinski definition) is 0. The summed E-state index contributed by atoms with van der Waals surface area (Å²) in [5.41, 5.74) is 1.75. The number of amides is 1. The minimum absolute atomic E-state index is 0.0322. The van der Waals surface area contributed by atoms with Crippen LogP contribution in [0, 0.1) is 0 Å². The second kappa shape index (κ2) is 7.15. The van der Waals surface area contributed by atoms with Gasteiger partial charge < -0.3 is 14.1 Å². The molecule has 0 saturated heterocycles. The topological polar surface area (TPSA) is 42.7 Å². The van der Waals surface area contributed by atoms with E-state index in [4.69, 9.17) is 9.15 Å². The van der Waals surface area contributed by atoms with Gasteiger partial charge in [-0.3, -0.25) is 4.79 Å². The second-order valence-electron chi connectivity index (χ2n) is 5.10.